The number of carbonyl (C=O) groups is 2. The van der Waals surface area contributed by atoms with Crippen LogP contribution in [0.25, 0.3) is 0 Å². The molecule has 0 radical (unpaired) electrons. The van der Waals surface area contributed by atoms with Crippen LogP contribution >= 0.6 is 0 Å². The van der Waals surface area contributed by atoms with Crippen molar-refractivity contribution >= 4 is 11.9 Å². The minimum atomic E-state index is -1.43. The Hall–Kier alpha value is -1.92. The standard InChI is InChI=1S/C15H21NO5/c1-15(11-20-2,14(18)19)16-13(17)8-9-21-10-12-6-4-3-5-7-12/h3-7H,8-11H2,1-2H3,(H,16,17)(H,18,19). The van der Waals surface area contributed by atoms with Gasteiger partial charge in [0.15, 0.2) is 5.54 Å². The first-order valence-corrected chi connectivity index (χ1v) is 6.63. The maximum absolute atomic E-state index is 11.7. The van der Waals surface area contributed by atoms with Gasteiger partial charge in [-0.05, 0) is 12.5 Å². The monoisotopic (exact) mass is 295 g/mol. The molecule has 0 fully saturated rings. The molecular weight excluding hydrogens is 274 g/mol. The normalized spacial score (nSPS) is 13.4. The molecule has 6 heteroatoms. The molecule has 0 saturated carbocycles. The van der Waals surface area contributed by atoms with Crippen molar-refractivity contribution in [3.63, 3.8) is 0 Å². The summed E-state index contributed by atoms with van der Waals surface area (Å²) in [6.07, 6.45) is 0.0966. The number of carbonyl (C=O) groups excluding carboxylic acids is 1. The van der Waals surface area contributed by atoms with E-state index in [-0.39, 0.29) is 25.5 Å². The van der Waals surface area contributed by atoms with Crippen LogP contribution in [-0.4, -0.2) is 42.8 Å². The quantitative estimate of drug-likeness (QED) is 0.669. The third-order valence-corrected chi connectivity index (χ3v) is 2.91. The van der Waals surface area contributed by atoms with Crippen molar-refractivity contribution in [2.24, 2.45) is 0 Å². The van der Waals surface area contributed by atoms with Crippen LogP contribution in [0.3, 0.4) is 0 Å². The lowest BCUT2D eigenvalue weighted by Crippen LogP contribution is -2.55. The first kappa shape index (κ1) is 17.1. The van der Waals surface area contributed by atoms with E-state index in [1.165, 1.54) is 14.0 Å². The summed E-state index contributed by atoms with van der Waals surface area (Å²) in [6.45, 7) is 1.95. The number of methoxy groups -OCH3 is 1. The molecule has 0 aliphatic rings. The summed E-state index contributed by atoms with van der Waals surface area (Å²) in [5.41, 5.74) is -0.404. The maximum Gasteiger partial charge on any atom is 0.331 e. The molecule has 21 heavy (non-hydrogen) atoms. The molecule has 6 nitrogen and oxygen atoms in total. The highest BCUT2D eigenvalue weighted by Crippen LogP contribution is 2.06. The fraction of sp³-hybridized carbons (Fsp3) is 0.467. The van der Waals surface area contributed by atoms with Crippen molar-refractivity contribution in [2.75, 3.05) is 20.3 Å². The Morgan fingerprint density at radius 2 is 1.95 bits per heavy atom. The molecule has 0 heterocycles. The molecule has 1 aromatic rings. The summed E-state index contributed by atoms with van der Waals surface area (Å²) >= 11 is 0. The van der Waals surface area contributed by atoms with Gasteiger partial charge in [0.1, 0.15) is 0 Å². The van der Waals surface area contributed by atoms with Crippen LogP contribution in [0.2, 0.25) is 0 Å². The highest BCUT2D eigenvalue weighted by atomic mass is 16.5. The number of ether oxygens (including phenoxy) is 2. The van der Waals surface area contributed by atoms with Crippen LogP contribution in [0.4, 0.5) is 0 Å². The molecule has 1 unspecified atom stereocenters. The summed E-state index contributed by atoms with van der Waals surface area (Å²) in [5, 5.41) is 11.6. The number of hydrogen-bond acceptors (Lipinski definition) is 4. The molecule has 0 aromatic heterocycles. The van der Waals surface area contributed by atoms with Crippen molar-refractivity contribution in [1.82, 2.24) is 5.32 Å². The molecule has 0 bridgehead atoms. The topological polar surface area (TPSA) is 84.9 Å². The zero-order valence-corrected chi connectivity index (χ0v) is 12.3. The van der Waals surface area contributed by atoms with E-state index in [1.807, 2.05) is 30.3 Å². The Morgan fingerprint density at radius 3 is 2.52 bits per heavy atom. The fourth-order valence-electron chi connectivity index (χ4n) is 1.74. The van der Waals surface area contributed by atoms with Gasteiger partial charge in [0.05, 0.1) is 26.2 Å². The number of aliphatic carboxylic acids is 1. The van der Waals surface area contributed by atoms with Crippen molar-refractivity contribution in [3.8, 4) is 0 Å². The predicted molar refractivity (Wildman–Crippen MR) is 76.8 cm³/mol. The van der Waals surface area contributed by atoms with E-state index in [2.05, 4.69) is 5.32 Å². The minimum absolute atomic E-state index is 0.0966. The minimum Gasteiger partial charge on any atom is -0.479 e. The van der Waals surface area contributed by atoms with Gasteiger partial charge < -0.3 is 19.9 Å². The number of rotatable bonds is 9. The Morgan fingerprint density at radius 1 is 1.29 bits per heavy atom. The highest BCUT2D eigenvalue weighted by molar-refractivity contribution is 5.86. The van der Waals surface area contributed by atoms with Crippen molar-refractivity contribution in [3.05, 3.63) is 35.9 Å². The second kappa shape index (κ2) is 8.39. The van der Waals surface area contributed by atoms with E-state index >= 15 is 0 Å². The zero-order valence-electron chi connectivity index (χ0n) is 12.3. The lowest BCUT2D eigenvalue weighted by atomic mass is 10.0. The second-order valence-electron chi connectivity index (χ2n) is 4.91. The molecule has 1 atom stereocenters. The van der Waals surface area contributed by atoms with Gasteiger partial charge in [-0.25, -0.2) is 4.79 Å². The van der Waals surface area contributed by atoms with Crippen LogP contribution in [0.1, 0.15) is 18.9 Å². The molecule has 116 valence electrons. The molecule has 0 aliphatic heterocycles. The van der Waals surface area contributed by atoms with Crippen LogP contribution in [0, 0.1) is 0 Å². The molecular formula is C15H21NO5. The number of carboxylic acid groups (broad SMARTS) is 1. The number of benzene rings is 1. The molecule has 1 aromatic carbocycles. The Labute approximate surface area is 124 Å². The number of hydrogen-bond donors (Lipinski definition) is 2. The molecule has 1 amide bonds. The van der Waals surface area contributed by atoms with Crippen molar-refractivity contribution < 1.29 is 24.2 Å². The van der Waals surface area contributed by atoms with Gasteiger partial charge >= 0.3 is 5.97 Å². The van der Waals surface area contributed by atoms with E-state index in [0.717, 1.165) is 5.56 Å². The van der Waals surface area contributed by atoms with Crippen LogP contribution in [-0.2, 0) is 25.7 Å². The predicted octanol–water partition coefficient (Wildman–Crippen LogP) is 1.20. The number of carboxylic acids is 1. The van der Waals surface area contributed by atoms with Gasteiger partial charge in [-0.1, -0.05) is 30.3 Å². The second-order valence-corrected chi connectivity index (χ2v) is 4.91. The lowest BCUT2D eigenvalue weighted by Gasteiger charge is -2.25. The molecule has 0 aliphatic carbocycles. The van der Waals surface area contributed by atoms with Gasteiger partial charge in [0, 0.05) is 7.11 Å². The van der Waals surface area contributed by atoms with Crippen LogP contribution < -0.4 is 5.32 Å². The fourth-order valence-corrected chi connectivity index (χ4v) is 1.74. The van der Waals surface area contributed by atoms with Gasteiger partial charge in [0.2, 0.25) is 5.91 Å². The van der Waals surface area contributed by atoms with Gasteiger partial charge in [-0.3, -0.25) is 4.79 Å². The summed E-state index contributed by atoms with van der Waals surface area (Å²) in [5.74, 6) is -1.52. The Balaban J connectivity index is 2.32. The van der Waals surface area contributed by atoms with Gasteiger partial charge in [-0.15, -0.1) is 0 Å². The SMILES string of the molecule is COCC(C)(NC(=O)CCOCc1ccccc1)C(=O)O. The third kappa shape index (κ3) is 5.93. The molecule has 0 saturated heterocycles. The summed E-state index contributed by atoms with van der Waals surface area (Å²) in [6, 6.07) is 9.60. The first-order chi connectivity index (χ1) is 9.98. The summed E-state index contributed by atoms with van der Waals surface area (Å²) in [7, 11) is 1.39. The maximum atomic E-state index is 11.7. The first-order valence-electron chi connectivity index (χ1n) is 6.63. The van der Waals surface area contributed by atoms with Gasteiger partial charge in [-0.2, -0.15) is 0 Å². The largest absolute Gasteiger partial charge is 0.479 e. The third-order valence-electron chi connectivity index (χ3n) is 2.91. The van der Waals surface area contributed by atoms with Crippen LogP contribution in [0.5, 0.6) is 0 Å². The van der Waals surface area contributed by atoms with E-state index < -0.39 is 11.5 Å². The molecule has 1 rings (SSSR count). The van der Waals surface area contributed by atoms with Crippen molar-refractivity contribution in [1.29, 1.82) is 0 Å². The van der Waals surface area contributed by atoms with Gasteiger partial charge in [0.25, 0.3) is 0 Å². The smallest absolute Gasteiger partial charge is 0.331 e. The molecule has 0 spiro atoms. The average Bonchev–Trinajstić information content (AvgIpc) is 2.45. The van der Waals surface area contributed by atoms with Crippen LogP contribution in [0.15, 0.2) is 30.3 Å². The highest BCUT2D eigenvalue weighted by Gasteiger charge is 2.34. The summed E-state index contributed by atoms with van der Waals surface area (Å²) in [4.78, 5) is 22.9. The van der Waals surface area contributed by atoms with E-state index in [4.69, 9.17) is 14.6 Å². The summed E-state index contributed by atoms with van der Waals surface area (Å²) < 4.78 is 10.2. The van der Waals surface area contributed by atoms with Crippen molar-refractivity contribution in [2.45, 2.75) is 25.5 Å². The number of amides is 1. The Kier molecular flexibility index (Phi) is 6.84. The Bertz CT molecular complexity index is 462. The zero-order chi connectivity index (χ0) is 15.7. The number of nitrogens with one attached hydrogen (secondary N) is 1. The van der Waals surface area contributed by atoms with E-state index in [1.54, 1.807) is 0 Å². The van der Waals surface area contributed by atoms with E-state index in [0.29, 0.717) is 6.61 Å². The van der Waals surface area contributed by atoms with E-state index in [9.17, 15) is 9.59 Å². The lowest BCUT2D eigenvalue weighted by molar-refractivity contribution is -0.149. The average molecular weight is 295 g/mol. The molecule has 2 N–H and O–H groups in total.